The standard InChI is InChI=1S/C16H21N7/c1-12(2)22-4-6-23(7-5-22)15-10-18-14(8-17)16(20-15)13-9-19-21(3)11-13/h9-12H,4-7H2,1-3H3. The van der Waals surface area contributed by atoms with Crippen molar-refractivity contribution >= 4 is 5.82 Å². The molecule has 0 aliphatic carbocycles. The zero-order chi connectivity index (χ0) is 16.4. The second-order valence-corrected chi connectivity index (χ2v) is 6.06. The Morgan fingerprint density at radius 3 is 2.48 bits per heavy atom. The van der Waals surface area contributed by atoms with Crippen LogP contribution in [-0.4, -0.2) is 56.9 Å². The minimum Gasteiger partial charge on any atom is -0.353 e. The third-order valence-electron chi connectivity index (χ3n) is 4.21. The van der Waals surface area contributed by atoms with Crippen LogP contribution in [0.15, 0.2) is 18.6 Å². The molecule has 1 aliphatic heterocycles. The summed E-state index contributed by atoms with van der Waals surface area (Å²) in [5.41, 5.74) is 1.76. The van der Waals surface area contributed by atoms with Crippen LogP contribution in [0.4, 0.5) is 5.82 Å². The van der Waals surface area contributed by atoms with Gasteiger partial charge in [-0.2, -0.15) is 10.4 Å². The van der Waals surface area contributed by atoms with Gasteiger partial charge >= 0.3 is 0 Å². The molecule has 2 aromatic rings. The second kappa shape index (κ2) is 6.34. The lowest BCUT2D eigenvalue weighted by molar-refractivity contribution is 0.209. The van der Waals surface area contributed by atoms with E-state index in [1.54, 1.807) is 17.1 Å². The first kappa shape index (κ1) is 15.4. The van der Waals surface area contributed by atoms with Crippen LogP contribution < -0.4 is 4.90 Å². The summed E-state index contributed by atoms with van der Waals surface area (Å²) in [6.45, 7) is 8.31. The van der Waals surface area contributed by atoms with Crippen LogP contribution >= 0.6 is 0 Å². The van der Waals surface area contributed by atoms with Crippen molar-refractivity contribution < 1.29 is 0 Å². The van der Waals surface area contributed by atoms with E-state index < -0.39 is 0 Å². The number of nitriles is 1. The molecule has 120 valence electrons. The summed E-state index contributed by atoms with van der Waals surface area (Å²) < 4.78 is 1.70. The predicted octanol–water partition coefficient (Wildman–Crippen LogP) is 1.28. The quantitative estimate of drug-likeness (QED) is 0.850. The van der Waals surface area contributed by atoms with Gasteiger partial charge in [0.05, 0.1) is 12.4 Å². The second-order valence-electron chi connectivity index (χ2n) is 6.06. The first-order valence-electron chi connectivity index (χ1n) is 7.83. The molecule has 0 atom stereocenters. The summed E-state index contributed by atoms with van der Waals surface area (Å²) in [4.78, 5) is 13.7. The Kier molecular flexibility index (Phi) is 4.26. The van der Waals surface area contributed by atoms with Gasteiger partial charge in [-0.15, -0.1) is 0 Å². The van der Waals surface area contributed by atoms with E-state index >= 15 is 0 Å². The monoisotopic (exact) mass is 311 g/mol. The minimum atomic E-state index is 0.336. The lowest BCUT2D eigenvalue weighted by Crippen LogP contribution is -2.49. The van der Waals surface area contributed by atoms with E-state index in [-0.39, 0.29) is 0 Å². The van der Waals surface area contributed by atoms with E-state index in [9.17, 15) is 5.26 Å². The third kappa shape index (κ3) is 3.17. The van der Waals surface area contributed by atoms with Gasteiger partial charge in [0.25, 0.3) is 0 Å². The molecule has 3 rings (SSSR count). The summed E-state index contributed by atoms with van der Waals surface area (Å²) >= 11 is 0. The maximum atomic E-state index is 9.28. The number of rotatable bonds is 3. The Morgan fingerprint density at radius 1 is 1.17 bits per heavy atom. The zero-order valence-corrected chi connectivity index (χ0v) is 13.8. The Morgan fingerprint density at radius 2 is 1.91 bits per heavy atom. The summed E-state index contributed by atoms with van der Waals surface area (Å²) in [7, 11) is 1.85. The molecule has 7 nitrogen and oxygen atoms in total. The maximum Gasteiger partial charge on any atom is 0.167 e. The van der Waals surface area contributed by atoms with Gasteiger partial charge < -0.3 is 4.90 Å². The van der Waals surface area contributed by atoms with Gasteiger partial charge in [-0.3, -0.25) is 9.58 Å². The highest BCUT2D eigenvalue weighted by Crippen LogP contribution is 2.23. The van der Waals surface area contributed by atoms with Crippen molar-refractivity contribution in [3.05, 3.63) is 24.3 Å². The Balaban J connectivity index is 1.86. The van der Waals surface area contributed by atoms with Gasteiger partial charge in [0.1, 0.15) is 17.6 Å². The molecule has 23 heavy (non-hydrogen) atoms. The smallest absolute Gasteiger partial charge is 0.167 e. The van der Waals surface area contributed by atoms with Crippen LogP contribution in [0.2, 0.25) is 0 Å². The molecule has 0 bridgehead atoms. The van der Waals surface area contributed by atoms with Crippen LogP contribution in [0.25, 0.3) is 11.3 Å². The largest absolute Gasteiger partial charge is 0.353 e. The summed E-state index contributed by atoms with van der Waals surface area (Å²) in [5, 5.41) is 13.4. The van der Waals surface area contributed by atoms with E-state index in [4.69, 9.17) is 0 Å². The molecular weight excluding hydrogens is 290 g/mol. The van der Waals surface area contributed by atoms with Crippen molar-refractivity contribution in [1.82, 2.24) is 24.6 Å². The fourth-order valence-corrected chi connectivity index (χ4v) is 2.83. The number of hydrogen-bond donors (Lipinski definition) is 0. The summed E-state index contributed by atoms with van der Waals surface area (Å²) in [5.74, 6) is 0.825. The van der Waals surface area contributed by atoms with Crippen molar-refractivity contribution in [2.75, 3.05) is 31.1 Å². The molecule has 0 spiro atoms. The molecule has 0 aromatic carbocycles. The molecule has 0 unspecified atom stereocenters. The number of piperazine rings is 1. The molecular formula is C16H21N7. The molecule has 0 amide bonds. The molecule has 1 saturated heterocycles. The van der Waals surface area contributed by atoms with Crippen LogP contribution in [-0.2, 0) is 7.05 Å². The third-order valence-corrected chi connectivity index (χ3v) is 4.21. The highest BCUT2D eigenvalue weighted by atomic mass is 15.3. The van der Waals surface area contributed by atoms with Gasteiger partial charge in [-0.05, 0) is 13.8 Å². The van der Waals surface area contributed by atoms with Gasteiger partial charge in [0.15, 0.2) is 5.69 Å². The number of nitrogens with zero attached hydrogens (tertiary/aromatic N) is 7. The Labute approximate surface area is 136 Å². The average molecular weight is 311 g/mol. The first-order chi connectivity index (χ1) is 11.1. The van der Waals surface area contributed by atoms with Crippen LogP contribution in [0, 0.1) is 11.3 Å². The molecule has 0 N–H and O–H groups in total. The first-order valence-corrected chi connectivity index (χ1v) is 7.83. The predicted molar refractivity (Wildman–Crippen MR) is 87.9 cm³/mol. The zero-order valence-electron chi connectivity index (χ0n) is 13.8. The van der Waals surface area contributed by atoms with Crippen molar-refractivity contribution in [2.24, 2.45) is 7.05 Å². The normalized spacial score (nSPS) is 15.9. The maximum absolute atomic E-state index is 9.28. The van der Waals surface area contributed by atoms with Gasteiger partial charge in [-0.25, -0.2) is 9.97 Å². The SMILES string of the molecule is CC(C)N1CCN(c2cnc(C#N)c(-c3cnn(C)c3)n2)CC1. The van der Waals surface area contributed by atoms with Gasteiger partial charge in [0.2, 0.25) is 0 Å². The number of hydrogen-bond acceptors (Lipinski definition) is 6. The highest BCUT2D eigenvalue weighted by Gasteiger charge is 2.21. The van der Waals surface area contributed by atoms with E-state index in [2.05, 4.69) is 44.8 Å². The molecule has 7 heteroatoms. The fraction of sp³-hybridized carbons (Fsp3) is 0.500. The Hall–Kier alpha value is -2.46. The number of anilines is 1. The van der Waals surface area contributed by atoms with E-state index in [1.807, 2.05) is 13.2 Å². The topological polar surface area (TPSA) is 73.9 Å². The van der Waals surface area contributed by atoms with Crippen LogP contribution in [0.1, 0.15) is 19.5 Å². The molecule has 0 radical (unpaired) electrons. The highest BCUT2D eigenvalue weighted by molar-refractivity contribution is 5.65. The fourth-order valence-electron chi connectivity index (χ4n) is 2.83. The van der Waals surface area contributed by atoms with Crippen molar-refractivity contribution in [1.29, 1.82) is 5.26 Å². The lowest BCUT2D eigenvalue weighted by atomic mass is 10.2. The Bertz CT molecular complexity index is 720. The van der Waals surface area contributed by atoms with Crippen molar-refractivity contribution in [3.8, 4) is 17.3 Å². The molecule has 1 aliphatic rings. The number of aryl methyl sites for hydroxylation is 1. The van der Waals surface area contributed by atoms with Crippen molar-refractivity contribution in [2.45, 2.75) is 19.9 Å². The van der Waals surface area contributed by atoms with E-state index in [0.717, 1.165) is 37.6 Å². The molecule has 1 fully saturated rings. The van der Waals surface area contributed by atoms with E-state index in [0.29, 0.717) is 17.4 Å². The molecule has 0 saturated carbocycles. The molecule has 3 heterocycles. The lowest BCUT2D eigenvalue weighted by Gasteiger charge is -2.37. The summed E-state index contributed by atoms with van der Waals surface area (Å²) in [6.07, 6.45) is 5.26. The minimum absolute atomic E-state index is 0.336. The van der Waals surface area contributed by atoms with Crippen molar-refractivity contribution in [3.63, 3.8) is 0 Å². The summed E-state index contributed by atoms with van der Waals surface area (Å²) in [6, 6.07) is 2.68. The van der Waals surface area contributed by atoms with E-state index in [1.165, 1.54) is 0 Å². The number of aromatic nitrogens is 4. The van der Waals surface area contributed by atoms with Crippen LogP contribution in [0.5, 0.6) is 0 Å². The van der Waals surface area contributed by atoms with Crippen LogP contribution in [0.3, 0.4) is 0 Å². The van der Waals surface area contributed by atoms with Gasteiger partial charge in [0, 0.05) is 51.0 Å². The van der Waals surface area contributed by atoms with Gasteiger partial charge in [-0.1, -0.05) is 0 Å². The molecule has 2 aromatic heterocycles. The average Bonchev–Trinajstić information content (AvgIpc) is 3.00.